The Morgan fingerprint density at radius 2 is 1.81 bits per heavy atom. The Hall–Kier alpha value is -3.81. The van der Waals surface area contributed by atoms with Crippen LogP contribution < -0.4 is 16.0 Å². The molecule has 3 aromatic rings. The van der Waals surface area contributed by atoms with Crippen molar-refractivity contribution in [3.63, 3.8) is 0 Å². The molecule has 188 valence electrons. The number of nitrogens with one attached hydrogen (secondary N) is 1. The van der Waals surface area contributed by atoms with Crippen molar-refractivity contribution in [1.82, 2.24) is 15.0 Å². The summed E-state index contributed by atoms with van der Waals surface area (Å²) in [5, 5.41) is 3.07. The molecule has 8 nitrogen and oxygen atoms in total. The third kappa shape index (κ3) is 6.24. The van der Waals surface area contributed by atoms with Gasteiger partial charge in [0.05, 0.1) is 5.69 Å². The number of hydrogen-bond donors (Lipinski definition) is 2. The lowest BCUT2D eigenvalue weighted by Gasteiger charge is -2.20. The molecule has 1 spiro atoms. The van der Waals surface area contributed by atoms with Crippen LogP contribution in [0.1, 0.15) is 37.7 Å². The molecule has 6 rings (SSSR count). The van der Waals surface area contributed by atoms with Crippen molar-refractivity contribution in [3.05, 3.63) is 54.6 Å². The first-order chi connectivity index (χ1) is 17.5. The van der Waals surface area contributed by atoms with Crippen LogP contribution in [0.4, 0.5) is 11.5 Å². The third-order valence-electron chi connectivity index (χ3n) is 7.06. The topological polar surface area (TPSA) is 114 Å². The van der Waals surface area contributed by atoms with Gasteiger partial charge in [-0.05, 0) is 73.8 Å². The molecule has 2 aliphatic carbocycles. The number of hydrogen-bond acceptors (Lipinski definition) is 7. The first-order valence-electron chi connectivity index (χ1n) is 12.4. The Bertz CT molecular complexity index is 1210. The van der Waals surface area contributed by atoms with E-state index < -0.39 is 0 Å². The summed E-state index contributed by atoms with van der Waals surface area (Å²) in [5.41, 5.74) is 11.6. The fraction of sp³-hybridized carbons (Fsp3) is 0.393. The van der Waals surface area contributed by atoms with Crippen LogP contribution in [-0.4, -0.2) is 47.8 Å². The van der Waals surface area contributed by atoms with Gasteiger partial charge in [0.1, 0.15) is 18.4 Å². The zero-order valence-electron chi connectivity index (χ0n) is 21.0. The molecular formula is C28H34N6O2. The van der Waals surface area contributed by atoms with E-state index in [4.69, 9.17) is 4.79 Å². The summed E-state index contributed by atoms with van der Waals surface area (Å²) in [5.74, 6) is 1.26. The maximum Gasteiger partial charge on any atom is 0.204 e. The second-order valence-corrected chi connectivity index (χ2v) is 9.78. The Balaban J connectivity index is 0.000000329. The van der Waals surface area contributed by atoms with E-state index in [1.165, 1.54) is 49.2 Å². The number of nitrogens with zero attached hydrogens (tertiary/aromatic N) is 4. The predicted octanol–water partition coefficient (Wildman–Crippen LogP) is 4.24. The van der Waals surface area contributed by atoms with Gasteiger partial charge in [0.15, 0.2) is 0 Å². The van der Waals surface area contributed by atoms with E-state index >= 15 is 0 Å². The molecule has 1 saturated heterocycles. The lowest BCUT2D eigenvalue weighted by Crippen LogP contribution is -2.19. The normalized spacial score (nSPS) is 16.8. The zero-order valence-corrected chi connectivity index (χ0v) is 21.0. The highest BCUT2D eigenvalue weighted by Crippen LogP contribution is 2.53. The van der Waals surface area contributed by atoms with Crippen LogP contribution >= 0.6 is 0 Å². The van der Waals surface area contributed by atoms with Gasteiger partial charge in [-0.3, -0.25) is 9.78 Å². The molecule has 3 fully saturated rings. The van der Waals surface area contributed by atoms with E-state index in [2.05, 4.69) is 62.1 Å². The number of anilines is 2. The summed E-state index contributed by atoms with van der Waals surface area (Å²) in [6.07, 6.45) is 13.1. The van der Waals surface area contributed by atoms with Gasteiger partial charge in [-0.1, -0.05) is 6.07 Å². The second kappa shape index (κ2) is 11.3. The van der Waals surface area contributed by atoms with Crippen molar-refractivity contribution in [2.45, 2.75) is 39.0 Å². The molecule has 0 unspecified atom stereocenters. The number of rotatable bonds is 5. The number of carbonyl (C=O) groups excluding carboxylic acids is 2. The van der Waals surface area contributed by atoms with E-state index in [0.717, 1.165) is 41.8 Å². The first kappa shape index (κ1) is 25.3. The molecule has 0 atom stereocenters. The quantitative estimate of drug-likeness (QED) is 0.518. The lowest BCUT2D eigenvalue weighted by atomic mass is 9.99. The number of aldehydes is 1. The summed E-state index contributed by atoms with van der Waals surface area (Å²) in [4.78, 5) is 33.8. The van der Waals surface area contributed by atoms with Gasteiger partial charge in [-0.2, -0.15) is 0 Å². The number of aromatic nitrogens is 3. The number of aryl methyl sites for hydroxylation is 1. The maximum absolute atomic E-state index is 9.57. The minimum absolute atomic E-state index is 0.250. The number of carbonyl (C=O) groups is 2. The minimum Gasteiger partial charge on any atom is -0.373 e. The molecule has 36 heavy (non-hydrogen) atoms. The average molecular weight is 487 g/mol. The van der Waals surface area contributed by atoms with Crippen molar-refractivity contribution in [2.75, 3.05) is 30.4 Å². The summed E-state index contributed by atoms with van der Waals surface area (Å²) in [7, 11) is 1.86. The van der Waals surface area contributed by atoms with Gasteiger partial charge in [0.2, 0.25) is 6.41 Å². The van der Waals surface area contributed by atoms with Crippen LogP contribution in [-0.2, 0) is 9.59 Å². The van der Waals surface area contributed by atoms with E-state index in [1.54, 1.807) is 6.33 Å². The van der Waals surface area contributed by atoms with Crippen LogP contribution in [0.25, 0.3) is 22.4 Å². The molecule has 3 N–H and O–H groups in total. The Morgan fingerprint density at radius 3 is 2.42 bits per heavy atom. The molecule has 0 bridgehead atoms. The molecule has 0 radical (unpaired) electrons. The van der Waals surface area contributed by atoms with E-state index in [1.807, 2.05) is 25.5 Å². The van der Waals surface area contributed by atoms with E-state index in [-0.39, 0.29) is 6.41 Å². The van der Waals surface area contributed by atoms with Crippen LogP contribution in [0.2, 0.25) is 0 Å². The van der Waals surface area contributed by atoms with Crippen LogP contribution in [0.5, 0.6) is 0 Å². The van der Waals surface area contributed by atoms with Gasteiger partial charge in [0.25, 0.3) is 0 Å². The molecule has 1 amide bonds. The molecule has 3 aliphatic rings. The Kier molecular flexibility index (Phi) is 7.93. The zero-order chi connectivity index (χ0) is 25.5. The minimum atomic E-state index is 0.250. The standard InChI is InChI=1S/C23H25N5.C4H6O.CH3NO/c1-16-3-4-19(28-8-7-23(14-28)5-6-23)10-20(16)17-9-18(13-25-12-17)21-11-22(24-2)27-15-26-21;5-3-4-1-2-4;2-1-3/h3-4,9-13,15H,5-8,14H2,1-2H3,(H,24,26,27);3-4H,1-2H2;1H,(H2,2,3). The predicted molar refractivity (Wildman–Crippen MR) is 143 cm³/mol. The molecule has 8 heteroatoms. The number of primary amides is 1. The lowest BCUT2D eigenvalue weighted by molar-refractivity contribution is -0.109. The smallest absolute Gasteiger partial charge is 0.204 e. The average Bonchev–Trinajstić information content (AvgIpc) is 3.83. The maximum atomic E-state index is 9.57. The largest absolute Gasteiger partial charge is 0.373 e. The van der Waals surface area contributed by atoms with Crippen molar-refractivity contribution < 1.29 is 9.59 Å². The Labute approximate surface area is 212 Å². The van der Waals surface area contributed by atoms with Crippen LogP contribution in [0.15, 0.2) is 49.1 Å². The highest BCUT2D eigenvalue weighted by Gasteiger charge is 2.47. The molecule has 1 aromatic carbocycles. The van der Waals surface area contributed by atoms with Crippen LogP contribution in [0.3, 0.4) is 0 Å². The van der Waals surface area contributed by atoms with Gasteiger partial charge in [-0.25, -0.2) is 9.97 Å². The summed E-state index contributed by atoms with van der Waals surface area (Å²) < 4.78 is 0. The summed E-state index contributed by atoms with van der Waals surface area (Å²) >= 11 is 0. The number of amides is 1. The molecular weight excluding hydrogens is 452 g/mol. The highest BCUT2D eigenvalue weighted by atomic mass is 16.1. The SMILES string of the molecule is CNc1cc(-c2cncc(-c3cc(N4CCC5(CC5)C4)ccc3C)c2)ncn1.NC=O.O=CC1CC1. The van der Waals surface area contributed by atoms with Crippen molar-refractivity contribution in [3.8, 4) is 22.4 Å². The monoisotopic (exact) mass is 486 g/mol. The van der Waals surface area contributed by atoms with E-state index in [9.17, 15) is 4.79 Å². The third-order valence-corrected chi connectivity index (χ3v) is 7.06. The van der Waals surface area contributed by atoms with Gasteiger partial charge in [0, 0.05) is 61.3 Å². The number of nitrogens with two attached hydrogens (primary N) is 1. The molecule has 1 aliphatic heterocycles. The van der Waals surface area contributed by atoms with Crippen LogP contribution in [0, 0.1) is 18.3 Å². The van der Waals surface area contributed by atoms with Crippen molar-refractivity contribution in [2.24, 2.45) is 17.1 Å². The highest BCUT2D eigenvalue weighted by molar-refractivity contribution is 5.75. The van der Waals surface area contributed by atoms with Gasteiger partial charge >= 0.3 is 0 Å². The van der Waals surface area contributed by atoms with Crippen molar-refractivity contribution in [1.29, 1.82) is 0 Å². The van der Waals surface area contributed by atoms with E-state index in [0.29, 0.717) is 11.3 Å². The Morgan fingerprint density at radius 1 is 1.06 bits per heavy atom. The fourth-order valence-electron chi connectivity index (χ4n) is 4.47. The number of pyridine rings is 1. The first-order valence-corrected chi connectivity index (χ1v) is 12.4. The molecule has 2 saturated carbocycles. The molecule has 2 aromatic heterocycles. The summed E-state index contributed by atoms with van der Waals surface area (Å²) in [6.45, 7) is 4.55. The van der Waals surface area contributed by atoms with Crippen molar-refractivity contribution >= 4 is 24.2 Å². The fourth-order valence-corrected chi connectivity index (χ4v) is 4.47. The molecule has 3 heterocycles. The number of benzene rings is 1. The van der Waals surface area contributed by atoms with Gasteiger partial charge in [-0.15, -0.1) is 0 Å². The summed E-state index contributed by atoms with van der Waals surface area (Å²) in [6, 6.07) is 11.0. The second-order valence-electron chi connectivity index (χ2n) is 9.78. The van der Waals surface area contributed by atoms with Gasteiger partial charge < -0.3 is 20.7 Å².